The number of rotatable bonds is 4. The van der Waals surface area contributed by atoms with E-state index >= 15 is 0 Å². The highest BCUT2D eigenvalue weighted by atomic mass is 16.5. The Morgan fingerprint density at radius 3 is 2.86 bits per heavy atom. The molecule has 1 amide bonds. The van der Waals surface area contributed by atoms with Gasteiger partial charge in [0.25, 0.3) is 5.91 Å². The van der Waals surface area contributed by atoms with Crippen molar-refractivity contribution in [3.05, 3.63) is 17.5 Å². The number of aryl methyl sites for hydroxylation is 1. The van der Waals surface area contributed by atoms with E-state index in [2.05, 4.69) is 15.0 Å². The number of hydrogen-bond acceptors (Lipinski definition) is 4. The monoisotopic (exact) mass is 197 g/mol. The minimum absolute atomic E-state index is 0.134. The molecule has 5 heteroatoms. The summed E-state index contributed by atoms with van der Waals surface area (Å²) >= 11 is 0. The van der Waals surface area contributed by atoms with Gasteiger partial charge in [0.15, 0.2) is 0 Å². The number of likely N-dealkylation sites (N-methyl/N-ethyl adjacent to an activating group) is 1. The zero-order valence-corrected chi connectivity index (χ0v) is 8.70. The van der Waals surface area contributed by atoms with E-state index in [0.717, 1.165) is 6.54 Å². The lowest BCUT2D eigenvalue weighted by molar-refractivity contribution is 0.0950. The second-order valence-corrected chi connectivity index (χ2v) is 3.37. The van der Waals surface area contributed by atoms with E-state index in [4.69, 9.17) is 0 Å². The summed E-state index contributed by atoms with van der Waals surface area (Å²) in [6.45, 7) is 3.18. The largest absolute Gasteiger partial charge is 0.364 e. The molecule has 0 atom stereocenters. The van der Waals surface area contributed by atoms with E-state index in [1.54, 1.807) is 6.92 Å². The number of amides is 1. The Balaban J connectivity index is 2.40. The van der Waals surface area contributed by atoms with Gasteiger partial charge in [-0.2, -0.15) is 0 Å². The van der Waals surface area contributed by atoms with Crippen molar-refractivity contribution in [1.29, 1.82) is 0 Å². The van der Waals surface area contributed by atoms with Crippen LogP contribution in [0.3, 0.4) is 0 Å². The third-order valence-electron chi connectivity index (χ3n) is 1.84. The average molecular weight is 197 g/mol. The maximum Gasteiger partial charge on any atom is 0.256 e. The Morgan fingerprint density at radius 1 is 1.64 bits per heavy atom. The van der Waals surface area contributed by atoms with Gasteiger partial charge >= 0.3 is 0 Å². The highest BCUT2D eigenvalue weighted by molar-refractivity contribution is 5.94. The third kappa shape index (κ3) is 2.85. The molecular weight excluding hydrogens is 182 g/mol. The number of nitrogens with one attached hydrogen (secondary N) is 1. The Labute approximate surface area is 83.1 Å². The van der Waals surface area contributed by atoms with Crippen LogP contribution in [0.4, 0.5) is 0 Å². The van der Waals surface area contributed by atoms with E-state index in [9.17, 15) is 4.79 Å². The third-order valence-corrected chi connectivity index (χ3v) is 1.84. The van der Waals surface area contributed by atoms with Gasteiger partial charge in [0.2, 0.25) is 0 Å². The number of nitrogens with zero attached hydrogens (tertiary/aromatic N) is 2. The SMILES string of the molecule is Cc1nocc1C(=O)NCCN(C)C. The lowest BCUT2D eigenvalue weighted by Crippen LogP contribution is -2.31. The van der Waals surface area contributed by atoms with Crippen molar-refractivity contribution in [2.45, 2.75) is 6.92 Å². The second kappa shape index (κ2) is 4.76. The first-order valence-electron chi connectivity index (χ1n) is 4.45. The van der Waals surface area contributed by atoms with Gasteiger partial charge in [-0.3, -0.25) is 4.79 Å². The molecule has 0 aliphatic rings. The van der Waals surface area contributed by atoms with Gasteiger partial charge in [0, 0.05) is 13.1 Å². The van der Waals surface area contributed by atoms with Crippen molar-refractivity contribution < 1.29 is 9.32 Å². The highest BCUT2D eigenvalue weighted by Crippen LogP contribution is 2.03. The van der Waals surface area contributed by atoms with Crippen LogP contribution >= 0.6 is 0 Å². The fourth-order valence-corrected chi connectivity index (χ4v) is 0.999. The van der Waals surface area contributed by atoms with Gasteiger partial charge in [-0.05, 0) is 21.0 Å². The van der Waals surface area contributed by atoms with Crippen LogP contribution in [-0.4, -0.2) is 43.1 Å². The molecule has 0 fully saturated rings. The fraction of sp³-hybridized carbons (Fsp3) is 0.556. The van der Waals surface area contributed by atoms with Crippen molar-refractivity contribution in [2.24, 2.45) is 0 Å². The van der Waals surface area contributed by atoms with Crippen LogP contribution in [0.2, 0.25) is 0 Å². The summed E-state index contributed by atoms with van der Waals surface area (Å²) in [6, 6.07) is 0. The predicted molar refractivity (Wildman–Crippen MR) is 52.1 cm³/mol. The van der Waals surface area contributed by atoms with E-state index in [0.29, 0.717) is 17.8 Å². The topological polar surface area (TPSA) is 58.4 Å². The fourth-order valence-electron chi connectivity index (χ4n) is 0.999. The summed E-state index contributed by atoms with van der Waals surface area (Å²) in [7, 11) is 3.91. The van der Waals surface area contributed by atoms with E-state index in [1.165, 1.54) is 6.26 Å². The molecule has 0 unspecified atom stereocenters. The Morgan fingerprint density at radius 2 is 2.36 bits per heavy atom. The first-order chi connectivity index (χ1) is 6.61. The second-order valence-electron chi connectivity index (χ2n) is 3.37. The zero-order chi connectivity index (χ0) is 10.6. The standard InChI is InChI=1S/C9H15N3O2/c1-7-8(6-14-11-7)9(13)10-4-5-12(2)3/h6H,4-5H2,1-3H3,(H,10,13). The van der Waals surface area contributed by atoms with Crippen LogP contribution in [0.5, 0.6) is 0 Å². The van der Waals surface area contributed by atoms with Gasteiger partial charge in [0.05, 0.1) is 5.69 Å². The molecule has 1 aromatic rings. The Kier molecular flexibility index (Phi) is 3.64. The number of carbonyl (C=O) groups is 1. The van der Waals surface area contributed by atoms with Crippen LogP contribution in [0.25, 0.3) is 0 Å². The molecule has 78 valence electrons. The molecule has 1 rings (SSSR count). The molecule has 0 spiro atoms. The van der Waals surface area contributed by atoms with Gasteiger partial charge in [0.1, 0.15) is 11.8 Å². The van der Waals surface area contributed by atoms with Crippen LogP contribution in [0.1, 0.15) is 16.1 Å². The molecule has 0 saturated heterocycles. The summed E-state index contributed by atoms with van der Waals surface area (Å²) in [5, 5.41) is 6.41. The Bertz CT molecular complexity index is 307. The van der Waals surface area contributed by atoms with Gasteiger partial charge in [-0.1, -0.05) is 5.16 Å². The molecule has 1 aromatic heterocycles. The highest BCUT2D eigenvalue weighted by Gasteiger charge is 2.11. The normalized spacial score (nSPS) is 10.6. The van der Waals surface area contributed by atoms with Crippen molar-refractivity contribution in [2.75, 3.05) is 27.2 Å². The summed E-state index contributed by atoms with van der Waals surface area (Å²) in [5.74, 6) is -0.134. The van der Waals surface area contributed by atoms with Crippen molar-refractivity contribution >= 4 is 5.91 Å². The van der Waals surface area contributed by atoms with Crippen molar-refractivity contribution in [1.82, 2.24) is 15.4 Å². The molecule has 0 aliphatic carbocycles. The van der Waals surface area contributed by atoms with Crippen LogP contribution in [-0.2, 0) is 0 Å². The number of hydrogen-bond donors (Lipinski definition) is 1. The summed E-state index contributed by atoms with van der Waals surface area (Å²) in [6.07, 6.45) is 1.36. The summed E-state index contributed by atoms with van der Waals surface area (Å²) < 4.78 is 4.67. The van der Waals surface area contributed by atoms with E-state index in [-0.39, 0.29) is 5.91 Å². The lowest BCUT2D eigenvalue weighted by Gasteiger charge is -2.09. The maximum absolute atomic E-state index is 11.5. The lowest BCUT2D eigenvalue weighted by atomic mass is 10.2. The number of carbonyl (C=O) groups excluding carboxylic acids is 1. The summed E-state index contributed by atoms with van der Waals surface area (Å²) in [5.41, 5.74) is 1.12. The minimum Gasteiger partial charge on any atom is -0.364 e. The molecule has 1 N–H and O–H groups in total. The molecule has 0 aliphatic heterocycles. The van der Waals surface area contributed by atoms with Gasteiger partial charge < -0.3 is 14.7 Å². The quantitative estimate of drug-likeness (QED) is 0.753. The molecule has 0 radical (unpaired) electrons. The van der Waals surface area contributed by atoms with Crippen molar-refractivity contribution in [3.63, 3.8) is 0 Å². The average Bonchev–Trinajstić information content (AvgIpc) is 2.50. The maximum atomic E-state index is 11.5. The van der Waals surface area contributed by atoms with Crippen LogP contribution in [0, 0.1) is 6.92 Å². The van der Waals surface area contributed by atoms with E-state index in [1.807, 2.05) is 19.0 Å². The molecular formula is C9H15N3O2. The van der Waals surface area contributed by atoms with Crippen LogP contribution in [0.15, 0.2) is 10.8 Å². The molecule has 0 bridgehead atoms. The first kappa shape index (κ1) is 10.7. The zero-order valence-electron chi connectivity index (χ0n) is 8.70. The Hall–Kier alpha value is -1.36. The van der Waals surface area contributed by atoms with Gasteiger partial charge in [-0.25, -0.2) is 0 Å². The molecule has 14 heavy (non-hydrogen) atoms. The molecule has 0 saturated carbocycles. The van der Waals surface area contributed by atoms with Crippen molar-refractivity contribution in [3.8, 4) is 0 Å². The molecule has 0 aromatic carbocycles. The first-order valence-corrected chi connectivity index (χ1v) is 4.45. The van der Waals surface area contributed by atoms with E-state index < -0.39 is 0 Å². The molecule has 1 heterocycles. The number of aromatic nitrogens is 1. The minimum atomic E-state index is -0.134. The predicted octanol–water partition coefficient (Wildman–Crippen LogP) is 0.274. The smallest absolute Gasteiger partial charge is 0.256 e. The molecule has 5 nitrogen and oxygen atoms in total. The van der Waals surface area contributed by atoms with Gasteiger partial charge in [-0.15, -0.1) is 0 Å². The summed E-state index contributed by atoms with van der Waals surface area (Å²) in [4.78, 5) is 13.5. The van der Waals surface area contributed by atoms with Crippen LogP contribution < -0.4 is 5.32 Å².